The molecule has 2 rings (SSSR count). The van der Waals surface area contributed by atoms with Crippen LogP contribution in [0.25, 0.3) is 0 Å². The van der Waals surface area contributed by atoms with Crippen LogP contribution in [0.5, 0.6) is 11.5 Å². The lowest BCUT2D eigenvalue weighted by Crippen LogP contribution is -2.45. The zero-order chi connectivity index (χ0) is 14.6. The first-order valence-corrected chi connectivity index (χ1v) is 7.05. The van der Waals surface area contributed by atoms with Crippen molar-refractivity contribution in [3.8, 4) is 11.5 Å². The van der Waals surface area contributed by atoms with Gasteiger partial charge in [0.2, 0.25) is 0 Å². The summed E-state index contributed by atoms with van der Waals surface area (Å²) in [5.41, 5.74) is 3.51. The fourth-order valence-electron chi connectivity index (χ4n) is 2.45. The molecule has 2 unspecified atom stereocenters. The van der Waals surface area contributed by atoms with Gasteiger partial charge in [0, 0.05) is 13.5 Å². The van der Waals surface area contributed by atoms with Gasteiger partial charge in [-0.3, -0.25) is 11.3 Å². The van der Waals surface area contributed by atoms with E-state index in [-0.39, 0.29) is 11.6 Å². The number of benzene rings is 1. The van der Waals surface area contributed by atoms with Gasteiger partial charge < -0.3 is 14.2 Å². The minimum absolute atomic E-state index is 0.116. The van der Waals surface area contributed by atoms with Crippen molar-refractivity contribution in [3.05, 3.63) is 23.8 Å². The predicted octanol–water partition coefficient (Wildman–Crippen LogP) is 2.17. The van der Waals surface area contributed by atoms with Crippen molar-refractivity contribution in [3.63, 3.8) is 0 Å². The van der Waals surface area contributed by atoms with E-state index < -0.39 is 0 Å². The van der Waals surface area contributed by atoms with Gasteiger partial charge in [0.05, 0.1) is 24.9 Å². The third-order valence-electron chi connectivity index (χ3n) is 4.05. The molecule has 1 aliphatic heterocycles. The Hall–Kier alpha value is -1.30. The number of hydrogen-bond donors (Lipinski definition) is 2. The van der Waals surface area contributed by atoms with E-state index >= 15 is 0 Å². The smallest absolute Gasteiger partial charge is 0.161 e. The lowest BCUT2D eigenvalue weighted by atomic mass is 9.88. The molecule has 3 N–H and O–H groups in total. The normalized spacial score (nSPS) is 19.0. The Morgan fingerprint density at radius 3 is 2.65 bits per heavy atom. The molecule has 1 aromatic rings. The fraction of sp³-hybridized carbons (Fsp3) is 0.600. The van der Waals surface area contributed by atoms with Gasteiger partial charge in [-0.05, 0) is 31.0 Å². The van der Waals surface area contributed by atoms with Crippen LogP contribution in [0.1, 0.15) is 38.3 Å². The summed E-state index contributed by atoms with van der Waals surface area (Å²) in [6.45, 7) is 5.49. The van der Waals surface area contributed by atoms with Crippen molar-refractivity contribution in [2.75, 3.05) is 20.3 Å². The molecule has 0 saturated heterocycles. The molecule has 0 bridgehead atoms. The van der Waals surface area contributed by atoms with Crippen LogP contribution in [0.2, 0.25) is 0 Å². The topological polar surface area (TPSA) is 65.7 Å². The second-order valence-electron chi connectivity index (χ2n) is 5.23. The monoisotopic (exact) mass is 280 g/mol. The molecular weight excluding hydrogens is 256 g/mol. The maximum atomic E-state index is 5.75. The molecule has 0 fully saturated rings. The molecule has 0 radical (unpaired) electrons. The molecule has 0 saturated carbocycles. The average Bonchev–Trinajstić information content (AvgIpc) is 2.72. The Bertz CT molecular complexity index is 447. The highest BCUT2D eigenvalue weighted by Gasteiger charge is 2.33. The van der Waals surface area contributed by atoms with Gasteiger partial charge in [-0.1, -0.05) is 13.0 Å². The number of hydrazine groups is 1. The van der Waals surface area contributed by atoms with Crippen molar-refractivity contribution >= 4 is 0 Å². The molecule has 5 heteroatoms. The number of rotatable bonds is 5. The summed E-state index contributed by atoms with van der Waals surface area (Å²) in [6.07, 6.45) is 1.74. The summed E-state index contributed by atoms with van der Waals surface area (Å²) in [7, 11) is 1.71. The van der Waals surface area contributed by atoms with Gasteiger partial charge in [-0.2, -0.15) is 0 Å². The van der Waals surface area contributed by atoms with Crippen molar-refractivity contribution in [1.82, 2.24) is 5.43 Å². The third kappa shape index (κ3) is 2.90. The number of nitrogens with two attached hydrogens (primary N) is 1. The number of fused-ring (bicyclic) bond motifs is 1. The predicted molar refractivity (Wildman–Crippen MR) is 77.8 cm³/mol. The molecule has 0 spiro atoms. The Balaban J connectivity index is 2.33. The maximum absolute atomic E-state index is 5.75. The van der Waals surface area contributed by atoms with Gasteiger partial charge in [-0.15, -0.1) is 0 Å². The minimum atomic E-state index is -0.380. The second kappa shape index (κ2) is 6.43. The van der Waals surface area contributed by atoms with Gasteiger partial charge in [0.1, 0.15) is 0 Å². The van der Waals surface area contributed by atoms with E-state index in [0.717, 1.165) is 29.9 Å². The van der Waals surface area contributed by atoms with Crippen LogP contribution in [0.4, 0.5) is 0 Å². The van der Waals surface area contributed by atoms with Crippen LogP contribution in [0.3, 0.4) is 0 Å². The van der Waals surface area contributed by atoms with E-state index in [9.17, 15) is 0 Å². The quantitative estimate of drug-likeness (QED) is 0.639. The summed E-state index contributed by atoms with van der Waals surface area (Å²) >= 11 is 0. The van der Waals surface area contributed by atoms with Gasteiger partial charge in [0.15, 0.2) is 11.5 Å². The summed E-state index contributed by atoms with van der Waals surface area (Å²) in [6, 6.07) is 5.81. The van der Waals surface area contributed by atoms with Crippen LogP contribution >= 0.6 is 0 Å². The lowest BCUT2D eigenvalue weighted by molar-refractivity contribution is -0.0301. The molecule has 1 aromatic carbocycles. The Labute approximate surface area is 120 Å². The zero-order valence-corrected chi connectivity index (χ0v) is 12.4. The Morgan fingerprint density at radius 2 is 2.05 bits per heavy atom. The van der Waals surface area contributed by atoms with Gasteiger partial charge in [-0.25, -0.2) is 0 Å². The molecular formula is C15H24N2O3. The number of methoxy groups -OCH3 is 1. The van der Waals surface area contributed by atoms with Crippen LogP contribution in [0, 0.1) is 0 Å². The molecule has 0 amide bonds. The first kappa shape index (κ1) is 15.1. The highest BCUT2D eigenvalue weighted by atomic mass is 16.5. The standard InChI is InChI=1S/C15H24N2O3/c1-4-15(2,18-3)14(17-16)11-6-7-12-13(10-11)20-9-5-8-19-12/h6-7,10,14,17H,4-5,8-9,16H2,1-3H3. The molecule has 0 aromatic heterocycles. The zero-order valence-electron chi connectivity index (χ0n) is 12.4. The minimum Gasteiger partial charge on any atom is -0.490 e. The van der Waals surface area contributed by atoms with Crippen molar-refractivity contribution in [2.24, 2.45) is 5.84 Å². The van der Waals surface area contributed by atoms with Gasteiger partial charge >= 0.3 is 0 Å². The van der Waals surface area contributed by atoms with Crippen LogP contribution < -0.4 is 20.7 Å². The van der Waals surface area contributed by atoms with Crippen LogP contribution in [-0.2, 0) is 4.74 Å². The Kier molecular flexibility index (Phi) is 4.86. The van der Waals surface area contributed by atoms with Gasteiger partial charge in [0.25, 0.3) is 0 Å². The molecule has 112 valence electrons. The first-order valence-electron chi connectivity index (χ1n) is 7.05. The van der Waals surface area contributed by atoms with Crippen molar-refractivity contribution < 1.29 is 14.2 Å². The lowest BCUT2D eigenvalue weighted by Gasteiger charge is -2.35. The largest absolute Gasteiger partial charge is 0.490 e. The summed E-state index contributed by atoms with van der Waals surface area (Å²) in [5.74, 6) is 7.31. The maximum Gasteiger partial charge on any atom is 0.161 e. The van der Waals surface area contributed by atoms with E-state index in [1.54, 1.807) is 7.11 Å². The van der Waals surface area contributed by atoms with Crippen LogP contribution in [0.15, 0.2) is 18.2 Å². The first-order chi connectivity index (χ1) is 9.64. The molecule has 5 nitrogen and oxygen atoms in total. The molecule has 2 atom stereocenters. The number of nitrogens with one attached hydrogen (secondary N) is 1. The van der Waals surface area contributed by atoms with E-state index in [4.69, 9.17) is 20.1 Å². The van der Waals surface area contributed by atoms with Crippen molar-refractivity contribution in [1.29, 1.82) is 0 Å². The summed E-state index contributed by atoms with van der Waals surface area (Å²) in [5, 5.41) is 0. The molecule has 0 aliphatic carbocycles. The van der Waals surface area contributed by atoms with Crippen molar-refractivity contribution in [2.45, 2.75) is 38.3 Å². The molecule has 20 heavy (non-hydrogen) atoms. The third-order valence-corrected chi connectivity index (χ3v) is 4.05. The fourth-order valence-corrected chi connectivity index (χ4v) is 2.45. The van der Waals surface area contributed by atoms with Crippen LogP contribution in [-0.4, -0.2) is 25.9 Å². The van der Waals surface area contributed by atoms with E-state index in [0.29, 0.717) is 13.2 Å². The summed E-state index contributed by atoms with van der Waals surface area (Å²) in [4.78, 5) is 0. The molecule has 1 heterocycles. The summed E-state index contributed by atoms with van der Waals surface area (Å²) < 4.78 is 17.0. The van der Waals surface area contributed by atoms with E-state index in [1.807, 2.05) is 25.1 Å². The van der Waals surface area contributed by atoms with E-state index in [1.165, 1.54) is 0 Å². The number of ether oxygens (including phenoxy) is 3. The number of hydrogen-bond acceptors (Lipinski definition) is 5. The molecule has 1 aliphatic rings. The highest BCUT2D eigenvalue weighted by Crippen LogP contribution is 2.37. The SMILES string of the molecule is CCC(C)(OC)C(NN)c1ccc2c(c1)OCCCO2. The average molecular weight is 280 g/mol. The Morgan fingerprint density at radius 1 is 1.35 bits per heavy atom. The highest BCUT2D eigenvalue weighted by molar-refractivity contribution is 5.44. The second-order valence-corrected chi connectivity index (χ2v) is 5.23. The van der Waals surface area contributed by atoms with E-state index in [2.05, 4.69) is 12.3 Å².